The van der Waals surface area contributed by atoms with E-state index >= 15 is 0 Å². The average Bonchev–Trinajstić information content (AvgIpc) is 2.03. The lowest BCUT2D eigenvalue weighted by molar-refractivity contribution is 1.44. The molecule has 1 nitrogen and oxygen atoms in total. The van der Waals surface area contributed by atoms with Gasteiger partial charge in [-0.3, -0.25) is 0 Å². The smallest absolute Gasteiger partial charge is 0.0177 e. The molecule has 1 heteroatoms. The molecular weight excluding hydrogens is 134 g/mol. The molecule has 0 bridgehead atoms. The summed E-state index contributed by atoms with van der Waals surface area (Å²) in [5, 5.41) is 6.81. The highest BCUT2D eigenvalue weighted by atomic mass is 14.3. The summed E-state index contributed by atoms with van der Waals surface area (Å²) in [6, 6.07) is 8.10. The van der Waals surface area contributed by atoms with E-state index < -0.39 is 0 Å². The van der Waals surface area contributed by atoms with Crippen LogP contribution in [-0.4, -0.2) is 6.21 Å². The van der Waals surface area contributed by atoms with Gasteiger partial charge in [-0.1, -0.05) is 30.3 Å². The van der Waals surface area contributed by atoms with Crippen LogP contribution >= 0.6 is 0 Å². The number of rotatable bonds is 2. The molecule has 0 amide bonds. The number of aryl methyl sites for hydroxylation is 1. The van der Waals surface area contributed by atoms with Gasteiger partial charge in [0.1, 0.15) is 0 Å². The Morgan fingerprint density at radius 1 is 1.27 bits per heavy atom. The summed E-state index contributed by atoms with van der Waals surface area (Å²) in [7, 11) is 0. The largest absolute Gasteiger partial charge is 0.309 e. The second-order valence-electron chi connectivity index (χ2n) is 2.38. The lowest BCUT2D eigenvalue weighted by Gasteiger charge is -1.96. The van der Waals surface area contributed by atoms with Gasteiger partial charge in [-0.05, 0) is 24.1 Å². The van der Waals surface area contributed by atoms with Crippen molar-refractivity contribution in [2.45, 2.75) is 6.92 Å². The molecule has 0 saturated carbocycles. The summed E-state index contributed by atoms with van der Waals surface area (Å²) in [6.07, 6.45) is 4.94. The Hall–Kier alpha value is -1.37. The van der Waals surface area contributed by atoms with E-state index in [1.165, 1.54) is 17.3 Å². The zero-order chi connectivity index (χ0) is 8.10. The molecule has 0 unspecified atom stereocenters. The SMILES string of the molecule is Cc1ccccc1/C=C\C=N. The molecule has 0 aromatic heterocycles. The summed E-state index contributed by atoms with van der Waals surface area (Å²) in [6.45, 7) is 2.06. The molecule has 0 aliphatic rings. The third-order valence-electron chi connectivity index (χ3n) is 1.56. The molecule has 1 rings (SSSR count). The number of benzene rings is 1. The Morgan fingerprint density at radius 3 is 2.64 bits per heavy atom. The van der Waals surface area contributed by atoms with Gasteiger partial charge in [0.2, 0.25) is 0 Å². The fraction of sp³-hybridized carbons (Fsp3) is 0.100. The van der Waals surface area contributed by atoms with E-state index in [4.69, 9.17) is 5.41 Å². The number of hydrogen-bond donors (Lipinski definition) is 1. The van der Waals surface area contributed by atoms with Gasteiger partial charge in [0.15, 0.2) is 0 Å². The van der Waals surface area contributed by atoms with Crippen LogP contribution in [0.15, 0.2) is 30.3 Å². The van der Waals surface area contributed by atoms with Gasteiger partial charge in [-0.15, -0.1) is 0 Å². The molecule has 0 fully saturated rings. The Labute approximate surface area is 66.9 Å². The van der Waals surface area contributed by atoms with Crippen LogP contribution in [0.3, 0.4) is 0 Å². The van der Waals surface area contributed by atoms with Crippen molar-refractivity contribution < 1.29 is 0 Å². The van der Waals surface area contributed by atoms with Crippen LogP contribution in [-0.2, 0) is 0 Å². The van der Waals surface area contributed by atoms with Crippen molar-refractivity contribution in [2.75, 3.05) is 0 Å². The molecule has 0 radical (unpaired) electrons. The van der Waals surface area contributed by atoms with E-state index in [0.29, 0.717) is 0 Å². The molecule has 56 valence electrons. The van der Waals surface area contributed by atoms with Crippen LogP contribution in [0.2, 0.25) is 0 Å². The maximum Gasteiger partial charge on any atom is 0.0177 e. The van der Waals surface area contributed by atoms with Crippen molar-refractivity contribution in [1.82, 2.24) is 0 Å². The molecule has 0 heterocycles. The van der Waals surface area contributed by atoms with Crippen LogP contribution in [0, 0.1) is 12.3 Å². The molecule has 1 aromatic carbocycles. The summed E-state index contributed by atoms with van der Waals surface area (Å²) in [5.41, 5.74) is 2.42. The number of allylic oxidation sites excluding steroid dienone is 1. The second-order valence-corrected chi connectivity index (χ2v) is 2.38. The Morgan fingerprint density at radius 2 is 2.00 bits per heavy atom. The van der Waals surface area contributed by atoms with Crippen LogP contribution in [0.25, 0.3) is 6.08 Å². The summed E-state index contributed by atoms with van der Waals surface area (Å²) in [5.74, 6) is 0. The van der Waals surface area contributed by atoms with E-state index in [9.17, 15) is 0 Å². The molecule has 0 aliphatic carbocycles. The van der Waals surface area contributed by atoms with Crippen molar-refractivity contribution >= 4 is 12.3 Å². The van der Waals surface area contributed by atoms with E-state index in [1.807, 2.05) is 24.3 Å². The van der Waals surface area contributed by atoms with Gasteiger partial charge < -0.3 is 5.41 Å². The first kappa shape index (κ1) is 7.73. The van der Waals surface area contributed by atoms with Crippen LogP contribution in [0.1, 0.15) is 11.1 Å². The van der Waals surface area contributed by atoms with E-state index in [-0.39, 0.29) is 0 Å². The predicted molar refractivity (Wildman–Crippen MR) is 49.0 cm³/mol. The van der Waals surface area contributed by atoms with Gasteiger partial charge in [0.05, 0.1) is 0 Å². The second kappa shape index (κ2) is 3.71. The molecule has 1 aromatic rings. The molecule has 11 heavy (non-hydrogen) atoms. The molecule has 0 aliphatic heterocycles. The average molecular weight is 145 g/mol. The maximum absolute atomic E-state index is 6.81. The first-order valence-corrected chi connectivity index (χ1v) is 3.57. The van der Waals surface area contributed by atoms with E-state index in [2.05, 4.69) is 13.0 Å². The minimum Gasteiger partial charge on any atom is -0.309 e. The highest BCUT2D eigenvalue weighted by Gasteiger charge is 1.88. The third-order valence-corrected chi connectivity index (χ3v) is 1.56. The van der Waals surface area contributed by atoms with Crippen LogP contribution in [0.5, 0.6) is 0 Å². The van der Waals surface area contributed by atoms with Crippen molar-refractivity contribution in [3.05, 3.63) is 41.5 Å². The molecule has 0 saturated heterocycles. The van der Waals surface area contributed by atoms with Crippen molar-refractivity contribution in [3.63, 3.8) is 0 Å². The lowest BCUT2D eigenvalue weighted by Crippen LogP contribution is -1.77. The van der Waals surface area contributed by atoms with Gasteiger partial charge >= 0.3 is 0 Å². The van der Waals surface area contributed by atoms with Crippen molar-refractivity contribution in [2.24, 2.45) is 0 Å². The zero-order valence-electron chi connectivity index (χ0n) is 6.54. The highest BCUT2D eigenvalue weighted by Crippen LogP contribution is 2.07. The Bertz CT molecular complexity index is 274. The van der Waals surface area contributed by atoms with Crippen LogP contribution in [0.4, 0.5) is 0 Å². The van der Waals surface area contributed by atoms with Gasteiger partial charge in [-0.25, -0.2) is 0 Å². The topological polar surface area (TPSA) is 23.9 Å². The predicted octanol–water partition coefficient (Wildman–Crippen LogP) is 2.66. The molecule has 0 atom stereocenters. The number of hydrogen-bond acceptors (Lipinski definition) is 1. The Kier molecular flexibility index (Phi) is 2.61. The van der Waals surface area contributed by atoms with Gasteiger partial charge in [0.25, 0.3) is 0 Å². The molecule has 1 N–H and O–H groups in total. The van der Waals surface area contributed by atoms with E-state index in [1.54, 1.807) is 6.08 Å². The fourth-order valence-electron chi connectivity index (χ4n) is 0.926. The lowest BCUT2D eigenvalue weighted by atomic mass is 10.1. The minimum absolute atomic E-state index is 1.18. The monoisotopic (exact) mass is 145 g/mol. The summed E-state index contributed by atoms with van der Waals surface area (Å²) in [4.78, 5) is 0. The first-order valence-electron chi connectivity index (χ1n) is 3.57. The highest BCUT2D eigenvalue weighted by molar-refractivity contribution is 5.76. The molecule has 0 spiro atoms. The van der Waals surface area contributed by atoms with E-state index in [0.717, 1.165) is 0 Å². The van der Waals surface area contributed by atoms with Crippen molar-refractivity contribution in [1.29, 1.82) is 5.41 Å². The van der Waals surface area contributed by atoms with Crippen LogP contribution < -0.4 is 0 Å². The third kappa shape index (κ3) is 2.04. The van der Waals surface area contributed by atoms with Gasteiger partial charge in [0, 0.05) is 6.21 Å². The zero-order valence-corrected chi connectivity index (χ0v) is 6.54. The number of nitrogens with one attached hydrogen (secondary N) is 1. The minimum atomic E-state index is 1.18. The fourth-order valence-corrected chi connectivity index (χ4v) is 0.926. The normalized spacial score (nSPS) is 10.3. The summed E-state index contributed by atoms with van der Waals surface area (Å²) < 4.78 is 0. The maximum atomic E-state index is 6.81. The van der Waals surface area contributed by atoms with Gasteiger partial charge in [-0.2, -0.15) is 0 Å². The standard InChI is InChI=1S/C10H11N/c1-9-5-2-3-6-10(9)7-4-8-11/h2-8,11H,1H3/b7-4-,11-8?. The Balaban J connectivity index is 2.94. The van der Waals surface area contributed by atoms with Crippen molar-refractivity contribution in [3.8, 4) is 0 Å². The summed E-state index contributed by atoms with van der Waals surface area (Å²) >= 11 is 0. The first-order chi connectivity index (χ1) is 5.34. The molecular formula is C10H11N. The quantitative estimate of drug-likeness (QED) is 0.618.